The van der Waals surface area contributed by atoms with Gasteiger partial charge in [0.2, 0.25) is 0 Å². The Balaban J connectivity index is 1.33. The molecule has 1 aliphatic rings. The van der Waals surface area contributed by atoms with Crippen molar-refractivity contribution in [1.29, 1.82) is 0 Å². The first-order valence-corrected chi connectivity index (χ1v) is 8.99. The molecule has 1 unspecified atom stereocenters. The van der Waals surface area contributed by atoms with Crippen LogP contribution in [0.5, 0.6) is 5.75 Å². The van der Waals surface area contributed by atoms with Gasteiger partial charge in [0, 0.05) is 23.2 Å². The Morgan fingerprint density at radius 1 is 1.08 bits per heavy atom. The fraction of sp³-hybridized carbons (Fsp3) is 0.368. The molecule has 3 rings (SSSR count). The minimum Gasteiger partial charge on any atom is -0.491 e. The van der Waals surface area contributed by atoms with E-state index < -0.39 is 6.10 Å². The molecule has 2 aromatic rings. The van der Waals surface area contributed by atoms with E-state index in [1.807, 2.05) is 30.3 Å². The number of halogens is 1. The molecule has 0 fully saturated rings. The number of hydrogen-bond acceptors (Lipinski definition) is 4. The number of hydrogen-bond donors (Lipinski definition) is 1. The normalized spacial score (nSPS) is 14.5. The largest absolute Gasteiger partial charge is 0.491 e. The summed E-state index contributed by atoms with van der Waals surface area (Å²) in [5, 5.41) is 10.2. The van der Waals surface area contributed by atoms with Crippen LogP contribution in [-0.2, 0) is 11.2 Å². The molecule has 0 spiro atoms. The molecule has 1 heterocycles. The van der Waals surface area contributed by atoms with Gasteiger partial charge in [-0.15, -0.1) is 0 Å². The Hall–Kier alpha value is -1.56. The summed E-state index contributed by atoms with van der Waals surface area (Å²) in [6.45, 7) is 2.82. The fourth-order valence-electron chi connectivity index (χ4n) is 2.87. The average Bonchev–Trinajstić information content (AvgIpc) is 2.99. The highest BCUT2D eigenvalue weighted by Crippen LogP contribution is 2.27. The van der Waals surface area contributed by atoms with Crippen LogP contribution in [0.25, 0.3) is 0 Å². The molecule has 1 N–H and O–H groups in total. The summed E-state index contributed by atoms with van der Waals surface area (Å²) in [6, 6.07) is 16.1. The maximum atomic E-state index is 10.2. The van der Waals surface area contributed by atoms with Crippen molar-refractivity contribution in [2.24, 2.45) is 0 Å². The summed E-state index contributed by atoms with van der Waals surface area (Å²) in [4.78, 5) is 2.22. The molecule has 2 aromatic carbocycles. The fourth-order valence-corrected chi connectivity index (χ4v) is 3.14. The van der Waals surface area contributed by atoms with Gasteiger partial charge >= 0.3 is 0 Å². The molecular weight excluding hydrogens is 370 g/mol. The average molecular weight is 392 g/mol. The standard InChI is InChI=1S/C19H22BrNO3/c20-16-5-7-18(8-6-16)24-12-11-23-14-17(22)13-21-10-9-15-3-1-2-4-19(15)21/h1-8,17,22H,9-14H2. The molecule has 0 aliphatic carbocycles. The Morgan fingerprint density at radius 3 is 2.71 bits per heavy atom. The predicted octanol–water partition coefficient (Wildman–Crippen LogP) is 3.27. The molecule has 4 nitrogen and oxygen atoms in total. The monoisotopic (exact) mass is 391 g/mol. The molecule has 0 saturated heterocycles. The number of nitrogens with zero attached hydrogens (tertiary/aromatic N) is 1. The summed E-state index contributed by atoms with van der Waals surface area (Å²) in [6.07, 6.45) is 0.550. The van der Waals surface area contributed by atoms with Gasteiger partial charge in [-0.3, -0.25) is 0 Å². The first kappa shape index (κ1) is 17.3. The highest BCUT2D eigenvalue weighted by Gasteiger charge is 2.20. The van der Waals surface area contributed by atoms with Crippen molar-refractivity contribution in [2.45, 2.75) is 12.5 Å². The second kappa shape index (κ2) is 8.51. The van der Waals surface area contributed by atoms with Gasteiger partial charge in [-0.2, -0.15) is 0 Å². The van der Waals surface area contributed by atoms with E-state index in [9.17, 15) is 5.11 Å². The Bertz CT molecular complexity index is 647. The topological polar surface area (TPSA) is 41.9 Å². The van der Waals surface area contributed by atoms with Crippen LogP contribution in [0.15, 0.2) is 53.0 Å². The summed E-state index contributed by atoms with van der Waals surface area (Å²) in [5.41, 5.74) is 2.59. The lowest BCUT2D eigenvalue weighted by molar-refractivity contribution is 0.0280. The molecule has 1 aliphatic heterocycles. The van der Waals surface area contributed by atoms with Crippen LogP contribution in [0.3, 0.4) is 0 Å². The van der Waals surface area contributed by atoms with Crippen molar-refractivity contribution in [3.8, 4) is 5.75 Å². The van der Waals surface area contributed by atoms with Gasteiger partial charge in [0.05, 0.1) is 19.3 Å². The molecule has 0 aromatic heterocycles. The zero-order valence-electron chi connectivity index (χ0n) is 13.5. The zero-order valence-corrected chi connectivity index (χ0v) is 15.1. The molecule has 0 bridgehead atoms. The Labute approximate surface area is 151 Å². The highest BCUT2D eigenvalue weighted by molar-refractivity contribution is 9.10. The second-order valence-corrected chi connectivity index (χ2v) is 6.77. The van der Waals surface area contributed by atoms with Gasteiger partial charge in [0.15, 0.2) is 0 Å². The minimum atomic E-state index is -0.496. The number of aliphatic hydroxyl groups excluding tert-OH is 1. The van der Waals surface area contributed by atoms with Gasteiger partial charge in [-0.25, -0.2) is 0 Å². The van der Waals surface area contributed by atoms with Crippen LogP contribution in [0.1, 0.15) is 5.56 Å². The number of benzene rings is 2. The van der Waals surface area contributed by atoms with Gasteiger partial charge in [0.25, 0.3) is 0 Å². The first-order chi connectivity index (χ1) is 11.7. The Kier molecular flexibility index (Phi) is 6.12. The van der Waals surface area contributed by atoms with Crippen molar-refractivity contribution in [3.05, 3.63) is 58.6 Å². The third-order valence-electron chi connectivity index (χ3n) is 4.03. The van der Waals surface area contributed by atoms with E-state index in [1.165, 1.54) is 11.3 Å². The molecule has 128 valence electrons. The SMILES string of the molecule is OC(COCCOc1ccc(Br)cc1)CN1CCc2ccccc21. The van der Waals surface area contributed by atoms with Crippen molar-refractivity contribution < 1.29 is 14.6 Å². The van der Waals surface area contributed by atoms with E-state index in [2.05, 4.69) is 39.0 Å². The van der Waals surface area contributed by atoms with E-state index in [0.717, 1.165) is 23.2 Å². The predicted molar refractivity (Wildman–Crippen MR) is 98.8 cm³/mol. The molecule has 0 amide bonds. The smallest absolute Gasteiger partial charge is 0.119 e. The Morgan fingerprint density at radius 2 is 1.88 bits per heavy atom. The lowest BCUT2D eigenvalue weighted by atomic mass is 10.2. The van der Waals surface area contributed by atoms with Crippen LogP contribution < -0.4 is 9.64 Å². The van der Waals surface area contributed by atoms with Crippen LogP contribution in [0, 0.1) is 0 Å². The van der Waals surface area contributed by atoms with Gasteiger partial charge in [-0.1, -0.05) is 34.1 Å². The molecular formula is C19H22BrNO3. The van der Waals surface area contributed by atoms with Crippen LogP contribution in [-0.4, -0.2) is 44.1 Å². The van der Waals surface area contributed by atoms with E-state index in [1.54, 1.807) is 0 Å². The van der Waals surface area contributed by atoms with E-state index in [4.69, 9.17) is 9.47 Å². The van der Waals surface area contributed by atoms with Crippen molar-refractivity contribution in [1.82, 2.24) is 0 Å². The molecule has 1 atom stereocenters. The minimum absolute atomic E-state index is 0.322. The number of fused-ring (bicyclic) bond motifs is 1. The number of aliphatic hydroxyl groups is 1. The summed E-state index contributed by atoms with van der Waals surface area (Å²) in [7, 11) is 0. The van der Waals surface area contributed by atoms with E-state index in [-0.39, 0.29) is 0 Å². The zero-order chi connectivity index (χ0) is 16.8. The third-order valence-corrected chi connectivity index (χ3v) is 4.56. The second-order valence-electron chi connectivity index (χ2n) is 5.86. The molecule has 0 radical (unpaired) electrons. The first-order valence-electron chi connectivity index (χ1n) is 8.19. The van der Waals surface area contributed by atoms with Crippen LogP contribution >= 0.6 is 15.9 Å². The number of β-amino-alcohol motifs (C(OH)–C–C–N with tert-alkyl or cyclic N) is 1. The number of para-hydroxylation sites is 1. The summed E-state index contributed by atoms with van der Waals surface area (Å²) < 4.78 is 12.1. The van der Waals surface area contributed by atoms with Gasteiger partial charge in [0.1, 0.15) is 12.4 Å². The highest BCUT2D eigenvalue weighted by atomic mass is 79.9. The quantitative estimate of drug-likeness (QED) is 0.701. The maximum absolute atomic E-state index is 10.2. The number of ether oxygens (including phenoxy) is 2. The molecule has 5 heteroatoms. The summed E-state index contributed by atoms with van der Waals surface area (Å²) in [5.74, 6) is 0.816. The van der Waals surface area contributed by atoms with Crippen molar-refractivity contribution in [3.63, 3.8) is 0 Å². The molecule has 0 saturated carbocycles. The number of anilines is 1. The number of rotatable bonds is 8. The van der Waals surface area contributed by atoms with Crippen molar-refractivity contribution >= 4 is 21.6 Å². The van der Waals surface area contributed by atoms with Crippen molar-refractivity contribution in [2.75, 3.05) is 37.8 Å². The van der Waals surface area contributed by atoms with Crippen LogP contribution in [0.2, 0.25) is 0 Å². The lowest BCUT2D eigenvalue weighted by Crippen LogP contribution is -2.34. The van der Waals surface area contributed by atoms with E-state index >= 15 is 0 Å². The summed E-state index contributed by atoms with van der Waals surface area (Å²) >= 11 is 3.39. The van der Waals surface area contributed by atoms with Gasteiger partial charge in [-0.05, 0) is 42.3 Å². The lowest BCUT2D eigenvalue weighted by Gasteiger charge is -2.22. The third kappa shape index (κ3) is 4.72. The van der Waals surface area contributed by atoms with Crippen LogP contribution in [0.4, 0.5) is 5.69 Å². The molecule has 24 heavy (non-hydrogen) atoms. The van der Waals surface area contributed by atoms with E-state index in [0.29, 0.717) is 26.4 Å². The maximum Gasteiger partial charge on any atom is 0.119 e. The van der Waals surface area contributed by atoms with Gasteiger partial charge < -0.3 is 19.5 Å².